The zero-order valence-electron chi connectivity index (χ0n) is 20.2. The molecule has 0 fully saturated rings. The minimum Gasteiger partial charge on any atom is -0.480 e. The number of benzene rings is 3. The van der Waals surface area contributed by atoms with Crippen LogP contribution in [0.3, 0.4) is 0 Å². The van der Waals surface area contributed by atoms with Gasteiger partial charge in [0.25, 0.3) is 0 Å². The minimum absolute atomic E-state index is 0. The van der Waals surface area contributed by atoms with E-state index in [1.54, 1.807) is 0 Å². The number of aryl methyl sites for hydroxylation is 1. The predicted octanol–water partition coefficient (Wildman–Crippen LogP) is 5.37. The van der Waals surface area contributed by atoms with E-state index in [-0.39, 0.29) is 18.3 Å². The molecular weight excluding hydrogens is 460 g/mol. The molecule has 3 aromatic carbocycles. The van der Waals surface area contributed by atoms with Crippen molar-refractivity contribution in [2.45, 2.75) is 57.7 Å². The molecule has 4 rings (SSSR count). The molecular formula is C29H33ClN2O3. The van der Waals surface area contributed by atoms with Crippen molar-refractivity contribution in [3.8, 4) is 0 Å². The van der Waals surface area contributed by atoms with Crippen LogP contribution in [0.1, 0.15) is 48.4 Å². The smallest absolute Gasteiger partial charge is 0.321 e. The van der Waals surface area contributed by atoms with Crippen LogP contribution in [0.5, 0.6) is 0 Å². The highest BCUT2D eigenvalue weighted by Crippen LogP contribution is 2.29. The van der Waals surface area contributed by atoms with Crippen molar-refractivity contribution in [3.63, 3.8) is 0 Å². The number of aliphatic carboxylic acids is 1. The molecule has 0 radical (unpaired) electrons. The molecule has 0 saturated carbocycles. The van der Waals surface area contributed by atoms with Crippen LogP contribution >= 0.6 is 12.4 Å². The van der Waals surface area contributed by atoms with Gasteiger partial charge in [-0.15, -0.1) is 12.4 Å². The maximum Gasteiger partial charge on any atom is 0.321 e. The fourth-order valence-corrected chi connectivity index (χ4v) is 4.53. The molecule has 184 valence electrons. The van der Waals surface area contributed by atoms with Gasteiger partial charge in [0.2, 0.25) is 5.91 Å². The normalized spacial score (nSPS) is 16.3. The second-order valence-electron chi connectivity index (χ2n) is 9.29. The van der Waals surface area contributed by atoms with E-state index in [4.69, 9.17) is 0 Å². The Morgan fingerprint density at radius 2 is 1.63 bits per heavy atom. The summed E-state index contributed by atoms with van der Waals surface area (Å²) in [7, 11) is 0. The van der Waals surface area contributed by atoms with Gasteiger partial charge in [0, 0.05) is 5.69 Å². The van der Waals surface area contributed by atoms with E-state index >= 15 is 0 Å². The van der Waals surface area contributed by atoms with Crippen LogP contribution in [0.25, 0.3) is 0 Å². The molecule has 1 unspecified atom stereocenters. The average Bonchev–Trinajstić information content (AvgIpc) is 2.97. The average molecular weight is 493 g/mol. The molecule has 5 nitrogen and oxygen atoms in total. The topological polar surface area (TPSA) is 69.6 Å². The number of para-hydroxylation sites is 1. The molecule has 35 heavy (non-hydrogen) atoms. The summed E-state index contributed by atoms with van der Waals surface area (Å²) in [6.07, 6.45) is 1.58. The molecule has 2 N–H and O–H groups in total. The predicted molar refractivity (Wildman–Crippen MR) is 142 cm³/mol. The standard InChI is InChI=1S/C29H32N2O3.ClH/c1-20(2)23-14-12-22(13-15-23)19-31-27-11-7-6-10-24(27)16-17-25(28(31)32)30-26(29(33)34)18-21-8-4-3-5-9-21;/h3-15,20,25-26,30H,16-19H2,1-2H3,(H,33,34);1H/t25?,26-;/m0./s1. The molecule has 1 aliphatic rings. The van der Waals surface area contributed by atoms with E-state index in [0.29, 0.717) is 31.7 Å². The third-order valence-corrected chi connectivity index (χ3v) is 6.52. The number of halogens is 1. The Morgan fingerprint density at radius 1 is 0.971 bits per heavy atom. The van der Waals surface area contributed by atoms with E-state index in [0.717, 1.165) is 22.4 Å². The largest absolute Gasteiger partial charge is 0.480 e. The van der Waals surface area contributed by atoms with Crippen LogP contribution in [0.4, 0.5) is 5.69 Å². The number of hydrogen-bond acceptors (Lipinski definition) is 3. The Hall–Kier alpha value is -3.15. The fourth-order valence-electron chi connectivity index (χ4n) is 4.53. The highest BCUT2D eigenvalue weighted by molar-refractivity contribution is 5.99. The lowest BCUT2D eigenvalue weighted by Gasteiger charge is -2.28. The van der Waals surface area contributed by atoms with Gasteiger partial charge in [0.1, 0.15) is 6.04 Å². The molecule has 0 aromatic heterocycles. The molecule has 0 spiro atoms. The summed E-state index contributed by atoms with van der Waals surface area (Å²) in [5, 5.41) is 13.1. The van der Waals surface area contributed by atoms with Gasteiger partial charge in [-0.25, -0.2) is 0 Å². The Labute approximate surface area is 213 Å². The highest BCUT2D eigenvalue weighted by atomic mass is 35.5. The number of anilines is 1. The second-order valence-corrected chi connectivity index (χ2v) is 9.29. The van der Waals surface area contributed by atoms with Gasteiger partial charge in [0.15, 0.2) is 0 Å². The Bertz CT molecular complexity index is 1130. The van der Waals surface area contributed by atoms with Crippen LogP contribution in [0.2, 0.25) is 0 Å². The minimum atomic E-state index is -0.950. The zero-order valence-corrected chi connectivity index (χ0v) is 21.0. The number of carbonyl (C=O) groups is 2. The summed E-state index contributed by atoms with van der Waals surface area (Å²) in [5.41, 5.74) is 5.24. The van der Waals surface area contributed by atoms with E-state index in [1.807, 2.05) is 53.4 Å². The lowest BCUT2D eigenvalue weighted by molar-refractivity contribution is -0.139. The Morgan fingerprint density at radius 3 is 2.29 bits per heavy atom. The molecule has 0 saturated heterocycles. The van der Waals surface area contributed by atoms with Crippen molar-refractivity contribution in [1.29, 1.82) is 0 Å². The van der Waals surface area contributed by atoms with Crippen LogP contribution in [0.15, 0.2) is 78.9 Å². The van der Waals surface area contributed by atoms with E-state index in [1.165, 1.54) is 5.56 Å². The Kier molecular flexibility index (Phi) is 9.07. The third kappa shape index (κ3) is 6.50. The molecule has 1 amide bonds. The number of carbonyl (C=O) groups excluding carboxylic acids is 1. The SMILES string of the molecule is CC(C)c1ccc(CN2C(=O)C(N[C@@H](Cc3ccccc3)C(=O)O)CCc3ccccc32)cc1.Cl. The van der Waals surface area contributed by atoms with Gasteiger partial charge in [-0.05, 0) is 53.5 Å². The lowest BCUT2D eigenvalue weighted by Crippen LogP contribution is -2.52. The van der Waals surface area contributed by atoms with Gasteiger partial charge in [0.05, 0.1) is 12.6 Å². The monoisotopic (exact) mass is 492 g/mol. The summed E-state index contributed by atoms with van der Waals surface area (Å²) >= 11 is 0. The first-order valence-corrected chi connectivity index (χ1v) is 11.9. The van der Waals surface area contributed by atoms with E-state index < -0.39 is 18.1 Å². The van der Waals surface area contributed by atoms with Crippen molar-refractivity contribution in [3.05, 3.63) is 101 Å². The molecule has 1 heterocycles. The number of hydrogen-bond donors (Lipinski definition) is 2. The van der Waals surface area contributed by atoms with E-state index in [9.17, 15) is 14.7 Å². The molecule has 6 heteroatoms. The number of nitrogens with one attached hydrogen (secondary N) is 1. The number of carboxylic acid groups (broad SMARTS) is 1. The quantitative estimate of drug-likeness (QED) is 0.444. The first-order chi connectivity index (χ1) is 16.4. The molecule has 0 bridgehead atoms. The molecule has 0 aliphatic carbocycles. The van der Waals surface area contributed by atoms with Crippen LogP contribution in [-0.4, -0.2) is 29.1 Å². The number of nitrogens with zero attached hydrogens (tertiary/aromatic N) is 1. The van der Waals surface area contributed by atoms with Crippen molar-refractivity contribution in [2.24, 2.45) is 0 Å². The van der Waals surface area contributed by atoms with Crippen molar-refractivity contribution >= 4 is 30.0 Å². The third-order valence-electron chi connectivity index (χ3n) is 6.52. The maximum absolute atomic E-state index is 13.8. The van der Waals surface area contributed by atoms with Gasteiger partial charge >= 0.3 is 5.97 Å². The lowest BCUT2D eigenvalue weighted by atomic mass is 10.0. The van der Waals surface area contributed by atoms with Gasteiger partial charge < -0.3 is 10.0 Å². The van der Waals surface area contributed by atoms with Crippen molar-refractivity contribution in [1.82, 2.24) is 5.32 Å². The number of amides is 1. The summed E-state index contributed by atoms with van der Waals surface area (Å²) in [4.78, 5) is 27.6. The zero-order chi connectivity index (χ0) is 24.1. The highest BCUT2D eigenvalue weighted by Gasteiger charge is 2.33. The number of rotatable bonds is 8. The van der Waals surface area contributed by atoms with Crippen molar-refractivity contribution in [2.75, 3.05) is 4.90 Å². The first-order valence-electron chi connectivity index (χ1n) is 11.9. The summed E-state index contributed by atoms with van der Waals surface area (Å²) in [5.74, 6) is -0.591. The maximum atomic E-state index is 13.8. The van der Waals surface area contributed by atoms with Gasteiger partial charge in [-0.2, -0.15) is 0 Å². The molecule has 3 aromatic rings. The van der Waals surface area contributed by atoms with Crippen LogP contribution < -0.4 is 10.2 Å². The summed E-state index contributed by atoms with van der Waals surface area (Å²) in [6.45, 7) is 4.77. The molecule has 2 atom stereocenters. The summed E-state index contributed by atoms with van der Waals surface area (Å²) in [6, 6.07) is 24.5. The second kappa shape index (κ2) is 12.0. The van der Waals surface area contributed by atoms with E-state index in [2.05, 4.69) is 49.5 Å². The summed E-state index contributed by atoms with van der Waals surface area (Å²) < 4.78 is 0. The van der Waals surface area contributed by atoms with Gasteiger partial charge in [-0.3, -0.25) is 14.9 Å². The van der Waals surface area contributed by atoms with Crippen LogP contribution in [0, 0.1) is 0 Å². The fraction of sp³-hybridized carbons (Fsp3) is 0.310. The molecule has 1 aliphatic heterocycles. The first kappa shape index (κ1) is 26.5. The van der Waals surface area contributed by atoms with Gasteiger partial charge in [-0.1, -0.05) is 86.6 Å². The van der Waals surface area contributed by atoms with Crippen LogP contribution in [-0.2, 0) is 29.0 Å². The number of carboxylic acids is 1. The van der Waals surface area contributed by atoms with Crippen molar-refractivity contribution < 1.29 is 14.7 Å². The number of fused-ring (bicyclic) bond motifs is 1. The Balaban J connectivity index is 0.00000342.